The Balaban J connectivity index is 2.01. The number of halogens is 2. The lowest BCUT2D eigenvalue weighted by molar-refractivity contribution is -0.137. The number of amides is 1. The Labute approximate surface area is 145 Å². The van der Waals surface area contributed by atoms with Gasteiger partial charge in [0.05, 0.1) is 5.02 Å². The van der Waals surface area contributed by atoms with Crippen LogP contribution in [0.2, 0.25) is 10.0 Å². The predicted molar refractivity (Wildman–Crippen MR) is 91.1 cm³/mol. The highest BCUT2D eigenvalue weighted by molar-refractivity contribution is 6.35. The van der Waals surface area contributed by atoms with E-state index in [0.29, 0.717) is 22.3 Å². The first-order chi connectivity index (χ1) is 10.9. The van der Waals surface area contributed by atoms with Gasteiger partial charge in [-0.1, -0.05) is 35.3 Å². The fourth-order valence-electron chi connectivity index (χ4n) is 2.13. The van der Waals surface area contributed by atoms with Crippen molar-refractivity contribution in [2.75, 3.05) is 7.05 Å². The number of phenolic OH excluding ortho intramolecular Hbond substituents is 1. The Kier molecular flexibility index (Phi) is 5.74. The Hall–Kier alpha value is -1.91. The molecule has 0 aliphatic rings. The quantitative estimate of drug-likeness (QED) is 0.879. The molecule has 0 aliphatic heterocycles. The monoisotopic (exact) mass is 353 g/mol. The number of hydrogen-bond donors (Lipinski definition) is 1. The minimum atomic E-state index is -0.698. The van der Waals surface area contributed by atoms with Crippen LogP contribution in [0, 0.1) is 0 Å². The summed E-state index contributed by atoms with van der Waals surface area (Å²) in [5, 5.41) is 10.3. The van der Waals surface area contributed by atoms with E-state index in [-0.39, 0.29) is 11.7 Å². The van der Waals surface area contributed by atoms with Crippen LogP contribution < -0.4 is 4.74 Å². The number of ether oxygens (including phenoxy) is 1. The largest absolute Gasteiger partial charge is 0.508 e. The maximum absolute atomic E-state index is 12.4. The number of hydrogen-bond acceptors (Lipinski definition) is 3. The minimum Gasteiger partial charge on any atom is -0.508 e. The normalized spacial score (nSPS) is 11.8. The molecule has 2 aromatic rings. The van der Waals surface area contributed by atoms with Crippen molar-refractivity contribution in [1.29, 1.82) is 0 Å². The van der Waals surface area contributed by atoms with Gasteiger partial charge in [0.1, 0.15) is 11.5 Å². The molecule has 1 unspecified atom stereocenters. The van der Waals surface area contributed by atoms with Crippen molar-refractivity contribution < 1.29 is 14.6 Å². The molecule has 0 aromatic heterocycles. The number of benzene rings is 2. The van der Waals surface area contributed by atoms with Crippen LogP contribution in [0.5, 0.6) is 11.5 Å². The van der Waals surface area contributed by atoms with Gasteiger partial charge < -0.3 is 14.7 Å². The van der Waals surface area contributed by atoms with Gasteiger partial charge >= 0.3 is 0 Å². The predicted octanol–water partition coefficient (Wildman–Crippen LogP) is 4.12. The molecule has 2 rings (SSSR count). The van der Waals surface area contributed by atoms with Crippen LogP contribution in [0.3, 0.4) is 0 Å². The van der Waals surface area contributed by atoms with Crippen molar-refractivity contribution in [3.8, 4) is 11.5 Å². The van der Waals surface area contributed by atoms with Gasteiger partial charge in [-0.2, -0.15) is 0 Å². The van der Waals surface area contributed by atoms with Crippen LogP contribution in [0.25, 0.3) is 0 Å². The molecule has 1 atom stereocenters. The number of rotatable bonds is 5. The van der Waals surface area contributed by atoms with Crippen LogP contribution in [-0.4, -0.2) is 29.1 Å². The Morgan fingerprint density at radius 1 is 1.26 bits per heavy atom. The van der Waals surface area contributed by atoms with Gasteiger partial charge in [-0.25, -0.2) is 0 Å². The molecule has 0 saturated carbocycles. The van der Waals surface area contributed by atoms with Crippen LogP contribution in [0.15, 0.2) is 42.5 Å². The molecule has 0 spiro atoms. The molecule has 1 N–H and O–H groups in total. The second kappa shape index (κ2) is 7.57. The number of likely N-dealkylation sites (N-methyl/N-ethyl adjacent to an activating group) is 1. The maximum Gasteiger partial charge on any atom is 0.263 e. The first-order valence-electron chi connectivity index (χ1n) is 7.01. The lowest BCUT2D eigenvalue weighted by Gasteiger charge is -2.22. The topological polar surface area (TPSA) is 49.8 Å². The van der Waals surface area contributed by atoms with Crippen molar-refractivity contribution >= 4 is 29.1 Å². The molecule has 6 heteroatoms. The number of aromatic hydroxyl groups is 1. The summed E-state index contributed by atoms with van der Waals surface area (Å²) in [6.07, 6.45) is -0.698. The van der Waals surface area contributed by atoms with Crippen LogP contribution in [0.4, 0.5) is 0 Å². The third-order valence-corrected chi connectivity index (χ3v) is 3.78. The molecule has 122 valence electrons. The Morgan fingerprint density at radius 2 is 2.00 bits per heavy atom. The molecular formula is C17H17Cl2NO3. The number of carbonyl (C=O) groups is 1. The third-order valence-electron chi connectivity index (χ3n) is 3.25. The van der Waals surface area contributed by atoms with Crippen molar-refractivity contribution in [3.63, 3.8) is 0 Å². The van der Waals surface area contributed by atoms with E-state index >= 15 is 0 Å². The van der Waals surface area contributed by atoms with E-state index in [0.717, 1.165) is 5.56 Å². The highest BCUT2D eigenvalue weighted by Gasteiger charge is 2.20. The fraction of sp³-hybridized carbons (Fsp3) is 0.235. The summed E-state index contributed by atoms with van der Waals surface area (Å²) in [5.74, 6) is 0.377. The molecule has 0 aliphatic carbocycles. The third kappa shape index (κ3) is 4.78. The maximum atomic E-state index is 12.4. The Morgan fingerprint density at radius 3 is 2.65 bits per heavy atom. The lowest BCUT2D eigenvalue weighted by atomic mass is 10.2. The fourth-order valence-corrected chi connectivity index (χ4v) is 2.58. The molecule has 1 amide bonds. The average Bonchev–Trinajstić information content (AvgIpc) is 2.49. The highest BCUT2D eigenvalue weighted by Crippen LogP contribution is 2.28. The summed E-state index contributed by atoms with van der Waals surface area (Å²) < 4.78 is 5.61. The smallest absolute Gasteiger partial charge is 0.263 e. The van der Waals surface area contributed by atoms with Crippen molar-refractivity contribution in [2.24, 2.45) is 0 Å². The van der Waals surface area contributed by atoms with Crippen LogP contribution in [0.1, 0.15) is 12.5 Å². The minimum absolute atomic E-state index is 0.167. The molecule has 0 radical (unpaired) electrons. The van der Waals surface area contributed by atoms with E-state index in [1.807, 2.05) is 6.07 Å². The SMILES string of the molecule is CC(Oc1ccc(Cl)cc1Cl)C(=O)N(C)Cc1cccc(O)c1. The van der Waals surface area contributed by atoms with Crippen LogP contribution >= 0.6 is 23.2 Å². The number of nitrogens with zero attached hydrogens (tertiary/aromatic N) is 1. The zero-order valence-electron chi connectivity index (χ0n) is 12.8. The van der Waals surface area contributed by atoms with Gasteiger partial charge in [-0.05, 0) is 42.8 Å². The highest BCUT2D eigenvalue weighted by atomic mass is 35.5. The molecule has 2 aromatic carbocycles. The molecule has 0 fully saturated rings. The Bertz CT molecular complexity index is 706. The van der Waals surface area contributed by atoms with E-state index < -0.39 is 6.10 Å². The van der Waals surface area contributed by atoms with Gasteiger partial charge in [0.2, 0.25) is 0 Å². The molecule has 23 heavy (non-hydrogen) atoms. The summed E-state index contributed by atoms with van der Waals surface area (Å²) in [6.45, 7) is 2.03. The average molecular weight is 354 g/mol. The van der Waals surface area contributed by atoms with Gasteiger partial charge in [0, 0.05) is 18.6 Å². The standard InChI is InChI=1S/C17H17Cl2NO3/c1-11(23-16-7-6-13(18)9-15(16)19)17(22)20(2)10-12-4-3-5-14(21)8-12/h3-9,11,21H,10H2,1-2H3. The summed E-state index contributed by atoms with van der Waals surface area (Å²) in [5.41, 5.74) is 0.831. The summed E-state index contributed by atoms with van der Waals surface area (Å²) in [6, 6.07) is 11.6. The molecule has 4 nitrogen and oxygen atoms in total. The van der Waals surface area contributed by atoms with E-state index in [1.165, 1.54) is 4.90 Å². The first-order valence-corrected chi connectivity index (χ1v) is 7.77. The summed E-state index contributed by atoms with van der Waals surface area (Å²) in [7, 11) is 1.68. The second-order valence-corrected chi connectivity index (χ2v) is 6.04. The van der Waals surface area contributed by atoms with Gasteiger partial charge in [-0.3, -0.25) is 4.79 Å². The summed E-state index contributed by atoms with van der Waals surface area (Å²) >= 11 is 11.9. The van der Waals surface area contributed by atoms with E-state index in [2.05, 4.69) is 0 Å². The van der Waals surface area contributed by atoms with Crippen molar-refractivity contribution in [2.45, 2.75) is 19.6 Å². The molecule has 0 heterocycles. The molecule has 0 bridgehead atoms. The summed E-state index contributed by atoms with van der Waals surface area (Å²) in [4.78, 5) is 13.9. The molecule has 0 saturated heterocycles. The van der Waals surface area contributed by atoms with Crippen molar-refractivity contribution in [3.05, 3.63) is 58.1 Å². The number of carbonyl (C=O) groups excluding carboxylic acids is 1. The van der Waals surface area contributed by atoms with Crippen LogP contribution in [-0.2, 0) is 11.3 Å². The van der Waals surface area contributed by atoms with E-state index in [9.17, 15) is 9.90 Å². The number of phenols is 1. The van der Waals surface area contributed by atoms with Gasteiger partial charge in [-0.15, -0.1) is 0 Å². The zero-order chi connectivity index (χ0) is 17.0. The van der Waals surface area contributed by atoms with Gasteiger partial charge in [0.25, 0.3) is 5.91 Å². The van der Waals surface area contributed by atoms with Gasteiger partial charge in [0.15, 0.2) is 6.10 Å². The first kappa shape index (κ1) is 17.4. The van der Waals surface area contributed by atoms with E-state index in [1.54, 1.807) is 50.4 Å². The van der Waals surface area contributed by atoms with Crippen molar-refractivity contribution in [1.82, 2.24) is 4.90 Å². The molecular weight excluding hydrogens is 337 g/mol. The second-order valence-electron chi connectivity index (χ2n) is 5.20. The van der Waals surface area contributed by atoms with E-state index in [4.69, 9.17) is 27.9 Å². The zero-order valence-corrected chi connectivity index (χ0v) is 14.3. The lowest BCUT2D eigenvalue weighted by Crippen LogP contribution is -2.37.